The first-order valence-electron chi connectivity index (χ1n) is 9.78. The van der Waals surface area contributed by atoms with E-state index in [0.29, 0.717) is 12.0 Å². The SMILES string of the molecule is CN(CC(=O)c1ccc(/C(F)=C/C(c2cc(Cl)c(Cl)c(Cl)c2)C(F)(F)F)cc1Br)c1ncccn1. The van der Waals surface area contributed by atoms with Gasteiger partial charge in [-0.05, 0) is 42.0 Å². The zero-order valence-corrected chi connectivity index (χ0v) is 21.6. The molecule has 0 aliphatic carbocycles. The van der Waals surface area contributed by atoms with Crippen LogP contribution in [0.5, 0.6) is 0 Å². The number of allylic oxidation sites excluding steroid dienone is 1. The van der Waals surface area contributed by atoms with Crippen LogP contribution in [-0.2, 0) is 0 Å². The van der Waals surface area contributed by atoms with Crippen molar-refractivity contribution in [3.05, 3.63) is 91.1 Å². The number of likely N-dealkylation sites (N-methyl/N-ethyl adjacent to an activating group) is 1. The van der Waals surface area contributed by atoms with Gasteiger partial charge in [0.2, 0.25) is 5.95 Å². The summed E-state index contributed by atoms with van der Waals surface area (Å²) in [6.07, 6.45) is -1.36. The molecule has 1 unspecified atom stereocenters. The van der Waals surface area contributed by atoms with Crippen LogP contribution in [0.15, 0.2) is 59.3 Å². The van der Waals surface area contributed by atoms with Gasteiger partial charge in [-0.15, -0.1) is 0 Å². The molecule has 0 saturated carbocycles. The van der Waals surface area contributed by atoms with Gasteiger partial charge in [-0.1, -0.05) is 56.8 Å². The Kier molecular flexibility index (Phi) is 8.80. The Bertz CT molecular complexity index is 1250. The van der Waals surface area contributed by atoms with Gasteiger partial charge in [0.25, 0.3) is 0 Å². The van der Waals surface area contributed by atoms with Crippen molar-refractivity contribution in [2.75, 3.05) is 18.5 Å². The molecule has 1 heterocycles. The summed E-state index contributed by atoms with van der Waals surface area (Å²) in [5.41, 5.74) is -0.314. The van der Waals surface area contributed by atoms with Crippen molar-refractivity contribution >= 4 is 68.3 Å². The smallest absolute Gasteiger partial charge is 0.336 e. The van der Waals surface area contributed by atoms with Crippen LogP contribution in [0.25, 0.3) is 5.83 Å². The molecule has 35 heavy (non-hydrogen) atoms. The summed E-state index contributed by atoms with van der Waals surface area (Å²) in [5, 5.41) is -0.474. The third kappa shape index (κ3) is 6.73. The molecule has 0 bridgehead atoms. The van der Waals surface area contributed by atoms with Crippen LogP contribution in [0.3, 0.4) is 0 Å². The Balaban J connectivity index is 1.88. The third-order valence-corrected chi connectivity index (χ3v) is 6.70. The summed E-state index contributed by atoms with van der Waals surface area (Å²) in [5.74, 6) is -3.48. The Labute approximate surface area is 221 Å². The first kappa shape index (κ1) is 27.4. The van der Waals surface area contributed by atoms with Crippen molar-refractivity contribution < 1.29 is 22.4 Å². The molecule has 0 radical (unpaired) electrons. The van der Waals surface area contributed by atoms with E-state index >= 15 is 0 Å². The van der Waals surface area contributed by atoms with Gasteiger partial charge in [0, 0.05) is 35.0 Å². The van der Waals surface area contributed by atoms with E-state index in [2.05, 4.69) is 25.9 Å². The predicted octanol–water partition coefficient (Wildman–Crippen LogP) is 8.17. The molecular weight excluding hydrogens is 597 g/mol. The number of carbonyl (C=O) groups excluding carboxylic acids is 1. The Hall–Kier alpha value is -2.20. The van der Waals surface area contributed by atoms with Gasteiger partial charge in [0.15, 0.2) is 5.78 Å². The standard InChI is InChI=1S/C23H15BrCl3F4N3O/c1-34(22-32-5-2-6-33-22)11-20(35)14-4-3-12(7-16(14)24)19(28)10-15(23(29,30)31)13-8-17(25)21(27)18(26)9-13/h2-10,15H,11H2,1H3/b19-10-. The van der Waals surface area contributed by atoms with E-state index in [1.165, 1.54) is 35.5 Å². The summed E-state index contributed by atoms with van der Waals surface area (Å²) in [6, 6.07) is 7.39. The average Bonchev–Trinajstić information content (AvgIpc) is 2.80. The number of anilines is 1. The van der Waals surface area contributed by atoms with Crippen LogP contribution in [-0.4, -0.2) is 35.5 Å². The maximum atomic E-state index is 15.0. The molecule has 0 aliphatic rings. The topological polar surface area (TPSA) is 46.1 Å². The zero-order valence-electron chi connectivity index (χ0n) is 17.8. The van der Waals surface area contributed by atoms with Crippen LogP contribution in [0.4, 0.5) is 23.5 Å². The Morgan fingerprint density at radius 3 is 2.26 bits per heavy atom. The second-order valence-corrected chi connectivity index (χ2v) is 9.40. The number of halogens is 8. The molecule has 184 valence electrons. The van der Waals surface area contributed by atoms with E-state index in [-0.39, 0.29) is 48.6 Å². The number of nitrogens with zero attached hydrogens (tertiary/aromatic N) is 3. The third-order valence-electron chi connectivity index (χ3n) is 4.85. The molecule has 0 aliphatic heterocycles. The molecule has 1 aromatic heterocycles. The van der Waals surface area contributed by atoms with Crippen molar-refractivity contribution in [3.8, 4) is 0 Å². The van der Waals surface area contributed by atoms with Gasteiger partial charge in [0.1, 0.15) is 11.7 Å². The second kappa shape index (κ2) is 11.2. The lowest BCUT2D eigenvalue weighted by Gasteiger charge is -2.19. The molecular formula is C23H15BrCl3F4N3O. The normalized spacial score (nSPS) is 13.0. The minimum absolute atomic E-state index is 0.0749. The highest BCUT2D eigenvalue weighted by atomic mass is 79.9. The van der Waals surface area contributed by atoms with Gasteiger partial charge in [0.05, 0.1) is 21.6 Å². The average molecular weight is 612 g/mol. The molecule has 4 nitrogen and oxygen atoms in total. The highest BCUT2D eigenvalue weighted by molar-refractivity contribution is 9.10. The predicted molar refractivity (Wildman–Crippen MR) is 133 cm³/mol. The molecule has 0 fully saturated rings. The minimum Gasteiger partial charge on any atom is -0.336 e. The number of ketones is 1. The lowest BCUT2D eigenvalue weighted by Crippen LogP contribution is -2.27. The van der Waals surface area contributed by atoms with Gasteiger partial charge >= 0.3 is 6.18 Å². The molecule has 0 N–H and O–H groups in total. The molecule has 2 aromatic carbocycles. The van der Waals surface area contributed by atoms with Crippen LogP contribution < -0.4 is 4.90 Å². The number of hydrogen-bond acceptors (Lipinski definition) is 4. The highest BCUT2D eigenvalue weighted by Crippen LogP contribution is 2.42. The van der Waals surface area contributed by atoms with E-state index in [9.17, 15) is 22.4 Å². The van der Waals surface area contributed by atoms with Crippen molar-refractivity contribution in [2.45, 2.75) is 12.1 Å². The summed E-state index contributed by atoms with van der Waals surface area (Å²) >= 11 is 20.7. The maximum absolute atomic E-state index is 15.0. The summed E-state index contributed by atoms with van der Waals surface area (Å²) in [6.45, 7) is -0.0749. The molecule has 0 amide bonds. The van der Waals surface area contributed by atoms with Gasteiger partial charge < -0.3 is 4.90 Å². The first-order valence-corrected chi connectivity index (χ1v) is 11.7. The molecule has 3 aromatic rings. The summed E-state index contributed by atoms with van der Waals surface area (Å²) < 4.78 is 56.5. The van der Waals surface area contributed by atoms with Crippen LogP contribution in [0, 0.1) is 0 Å². The van der Waals surface area contributed by atoms with Gasteiger partial charge in [-0.3, -0.25) is 4.79 Å². The molecule has 12 heteroatoms. The van der Waals surface area contributed by atoms with E-state index in [1.807, 2.05) is 0 Å². The molecule has 0 saturated heterocycles. The Morgan fingerprint density at radius 2 is 1.71 bits per heavy atom. The minimum atomic E-state index is -4.84. The van der Waals surface area contributed by atoms with E-state index < -0.39 is 17.9 Å². The fourth-order valence-electron chi connectivity index (χ4n) is 3.13. The lowest BCUT2D eigenvalue weighted by atomic mass is 9.96. The summed E-state index contributed by atoms with van der Waals surface area (Å²) in [7, 11) is 1.63. The lowest BCUT2D eigenvalue weighted by molar-refractivity contribution is -0.139. The van der Waals surface area contributed by atoms with E-state index in [1.54, 1.807) is 13.1 Å². The number of alkyl halides is 3. The second-order valence-electron chi connectivity index (χ2n) is 7.36. The number of benzene rings is 2. The van der Waals surface area contributed by atoms with Crippen molar-refractivity contribution in [3.63, 3.8) is 0 Å². The van der Waals surface area contributed by atoms with Crippen LogP contribution in [0.1, 0.15) is 27.4 Å². The fraction of sp³-hybridized carbons (Fsp3) is 0.174. The first-order chi connectivity index (χ1) is 16.4. The van der Waals surface area contributed by atoms with Crippen molar-refractivity contribution in [1.82, 2.24) is 9.97 Å². The molecule has 3 rings (SSSR count). The highest BCUT2D eigenvalue weighted by Gasteiger charge is 2.40. The summed E-state index contributed by atoms with van der Waals surface area (Å²) in [4.78, 5) is 22.3. The van der Waals surface area contributed by atoms with Crippen molar-refractivity contribution in [2.24, 2.45) is 0 Å². The van der Waals surface area contributed by atoms with Crippen LogP contribution in [0.2, 0.25) is 15.1 Å². The zero-order chi connectivity index (χ0) is 25.9. The number of hydrogen-bond donors (Lipinski definition) is 0. The monoisotopic (exact) mass is 609 g/mol. The number of carbonyl (C=O) groups is 1. The largest absolute Gasteiger partial charge is 0.399 e. The number of Topliss-reactive ketones (excluding diaryl/α,β-unsaturated/α-hetero) is 1. The number of aromatic nitrogens is 2. The quantitative estimate of drug-likeness (QED) is 0.154. The fourth-order valence-corrected chi connectivity index (χ4v) is 4.34. The van der Waals surface area contributed by atoms with Crippen molar-refractivity contribution in [1.29, 1.82) is 0 Å². The van der Waals surface area contributed by atoms with E-state index in [4.69, 9.17) is 34.8 Å². The van der Waals surface area contributed by atoms with Gasteiger partial charge in [-0.25, -0.2) is 14.4 Å². The molecule has 0 spiro atoms. The number of rotatable bonds is 7. The Morgan fingerprint density at radius 1 is 1.11 bits per heavy atom. The van der Waals surface area contributed by atoms with Gasteiger partial charge in [-0.2, -0.15) is 13.2 Å². The molecule has 1 atom stereocenters. The van der Waals surface area contributed by atoms with E-state index in [0.717, 1.165) is 12.1 Å². The van der Waals surface area contributed by atoms with Crippen LogP contribution >= 0.6 is 50.7 Å². The maximum Gasteiger partial charge on any atom is 0.399 e.